The lowest BCUT2D eigenvalue weighted by molar-refractivity contribution is 0.0675. The molecule has 0 radical (unpaired) electrons. The Kier molecular flexibility index (Phi) is 6.15. The third-order valence-electron chi connectivity index (χ3n) is 4.09. The van der Waals surface area contributed by atoms with Gasteiger partial charge in [-0.1, -0.05) is 60.2 Å². The Balaban J connectivity index is 1.79. The number of hydrogen-bond acceptors (Lipinski definition) is 4. The van der Waals surface area contributed by atoms with Crippen LogP contribution in [0.3, 0.4) is 0 Å². The minimum absolute atomic E-state index is 0.0690. The Hall–Kier alpha value is -2.50. The summed E-state index contributed by atoms with van der Waals surface area (Å²) < 4.78 is 5.17. The number of nitrogens with zero attached hydrogens (tertiary/aromatic N) is 2. The minimum Gasteiger partial charge on any atom is -0.383 e. The van der Waals surface area contributed by atoms with Crippen molar-refractivity contribution in [2.75, 3.05) is 20.3 Å². The smallest absolute Gasteiger partial charge is 0.273 e. The standard InChI is InChI=1S/C21H22N2O2S/c1-16-8-10-18(11-9-16)20-22-19(15-26-20)21(24)23(12-13-25-2)14-17-6-4-3-5-7-17/h3-11,15H,12-14H2,1-2H3. The van der Waals surface area contributed by atoms with Crippen LogP contribution in [-0.4, -0.2) is 36.1 Å². The molecule has 2 aromatic carbocycles. The lowest BCUT2D eigenvalue weighted by Gasteiger charge is -2.21. The third-order valence-corrected chi connectivity index (χ3v) is 4.98. The molecule has 5 heteroatoms. The van der Waals surface area contributed by atoms with Gasteiger partial charge >= 0.3 is 0 Å². The first kappa shape index (κ1) is 18.3. The van der Waals surface area contributed by atoms with E-state index in [-0.39, 0.29) is 5.91 Å². The number of carbonyl (C=O) groups is 1. The van der Waals surface area contributed by atoms with Crippen molar-refractivity contribution in [1.82, 2.24) is 9.88 Å². The summed E-state index contributed by atoms with van der Waals surface area (Å²) in [6, 6.07) is 18.2. The van der Waals surface area contributed by atoms with E-state index in [1.165, 1.54) is 16.9 Å². The molecule has 0 saturated heterocycles. The number of carbonyl (C=O) groups excluding carboxylic acids is 1. The van der Waals surface area contributed by atoms with Gasteiger partial charge in [-0.2, -0.15) is 0 Å². The van der Waals surface area contributed by atoms with E-state index < -0.39 is 0 Å². The predicted octanol–water partition coefficient (Wildman–Crippen LogP) is 4.41. The van der Waals surface area contributed by atoms with Gasteiger partial charge in [-0.25, -0.2) is 4.98 Å². The van der Waals surface area contributed by atoms with Crippen molar-refractivity contribution in [3.63, 3.8) is 0 Å². The lowest BCUT2D eigenvalue weighted by Crippen LogP contribution is -2.33. The second-order valence-corrected chi connectivity index (χ2v) is 6.97. The van der Waals surface area contributed by atoms with E-state index in [0.717, 1.165) is 16.1 Å². The SMILES string of the molecule is COCCN(Cc1ccccc1)C(=O)c1csc(-c2ccc(C)cc2)n1. The van der Waals surface area contributed by atoms with Gasteiger partial charge < -0.3 is 9.64 Å². The van der Waals surface area contributed by atoms with Gasteiger partial charge in [-0.15, -0.1) is 11.3 Å². The molecule has 0 spiro atoms. The van der Waals surface area contributed by atoms with Crippen molar-refractivity contribution in [2.24, 2.45) is 0 Å². The van der Waals surface area contributed by atoms with Gasteiger partial charge in [0.2, 0.25) is 0 Å². The highest BCUT2D eigenvalue weighted by atomic mass is 32.1. The highest BCUT2D eigenvalue weighted by molar-refractivity contribution is 7.13. The monoisotopic (exact) mass is 366 g/mol. The summed E-state index contributed by atoms with van der Waals surface area (Å²) in [6.07, 6.45) is 0. The molecular weight excluding hydrogens is 344 g/mol. The van der Waals surface area contributed by atoms with Crippen LogP contribution in [0.15, 0.2) is 60.0 Å². The summed E-state index contributed by atoms with van der Waals surface area (Å²) in [4.78, 5) is 19.3. The number of ether oxygens (including phenoxy) is 1. The molecule has 4 nitrogen and oxygen atoms in total. The van der Waals surface area contributed by atoms with Crippen molar-refractivity contribution in [2.45, 2.75) is 13.5 Å². The molecule has 1 amide bonds. The number of hydrogen-bond donors (Lipinski definition) is 0. The van der Waals surface area contributed by atoms with Crippen LogP contribution in [0.5, 0.6) is 0 Å². The summed E-state index contributed by atoms with van der Waals surface area (Å²) in [7, 11) is 1.64. The Bertz CT molecular complexity index is 844. The summed E-state index contributed by atoms with van der Waals surface area (Å²) in [6.45, 7) is 3.62. The van der Waals surface area contributed by atoms with E-state index in [1.54, 1.807) is 12.0 Å². The molecule has 0 bridgehead atoms. The van der Waals surface area contributed by atoms with Crippen LogP contribution < -0.4 is 0 Å². The molecule has 0 fully saturated rings. The summed E-state index contributed by atoms with van der Waals surface area (Å²) in [5.41, 5.74) is 3.81. The molecular formula is C21H22N2O2S. The first-order valence-corrected chi connectivity index (χ1v) is 9.40. The van der Waals surface area contributed by atoms with E-state index in [0.29, 0.717) is 25.4 Å². The summed E-state index contributed by atoms with van der Waals surface area (Å²) in [5.74, 6) is -0.0690. The molecule has 0 aliphatic heterocycles. The average molecular weight is 366 g/mol. The minimum atomic E-state index is -0.0690. The average Bonchev–Trinajstić information content (AvgIpc) is 3.16. The van der Waals surface area contributed by atoms with E-state index in [1.807, 2.05) is 47.8 Å². The zero-order valence-corrected chi connectivity index (χ0v) is 15.8. The Morgan fingerprint density at radius 2 is 1.85 bits per heavy atom. The summed E-state index contributed by atoms with van der Waals surface area (Å²) in [5, 5.41) is 2.70. The van der Waals surface area contributed by atoms with Crippen molar-refractivity contribution in [3.8, 4) is 10.6 Å². The van der Waals surface area contributed by atoms with Crippen LogP contribution in [-0.2, 0) is 11.3 Å². The van der Waals surface area contributed by atoms with Gasteiger partial charge in [-0.3, -0.25) is 4.79 Å². The van der Waals surface area contributed by atoms with E-state index >= 15 is 0 Å². The van der Waals surface area contributed by atoms with Crippen molar-refractivity contribution in [1.29, 1.82) is 0 Å². The lowest BCUT2D eigenvalue weighted by atomic mass is 10.2. The fourth-order valence-corrected chi connectivity index (χ4v) is 3.42. The second-order valence-electron chi connectivity index (χ2n) is 6.11. The number of amides is 1. The highest BCUT2D eigenvalue weighted by Gasteiger charge is 2.19. The number of rotatable bonds is 7. The fraction of sp³-hybridized carbons (Fsp3) is 0.238. The molecule has 0 aliphatic carbocycles. The van der Waals surface area contributed by atoms with E-state index in [4.69, 9.17) is 4.74 Å². The second kappa shape index (κ2) is 8.74. The van der Waals surface area contributed by atoms with Crippen LogP contribution in [0, 0.1) is 6.92 Å². The largest absolute Gasteiger partial charge is 0.383 e. The molecule has 0 unspecified atom stereocenters. The third kappa shape index (κ3) is 4.56. The molecule has 0 saturated carbocycles. The maximum Gasteiger partial charge on any atom is 0.273 e. The molecule has 0 N–H and O–H groups in total. The zero-order valence-electron chi connectivity index (χ0n) is 15.0. The van der Waals surface area contributed by atoms with Gasteiger partial charge in [0, 0.05) is 31.1 Å². The number of benzene rings is 2. The predicted molar refractivity (Wildman–Crippen MR) is 105 cm³/mol. The molecule has 3 rings (SSSR count). The molecule has 1 heterocycles. The molecule has 3 aromatic rings. The quantitative estimate of drug-likeness (QED) is 0.622. The normalized spacial score (nSPS) is 10.7. The van der Waals surface area contributed by atoms with Crippen LogP contribution in [0.1, 0.15) is 21.6 Å². The number of methoxy groups -OCH3 is 1. The van der Waals surface area contributed by atoms with Crippen LogP contribution in [0.2, 0.25) is 0 Å². The van der Waals surface area contributed by atoms with Crippen molar-refractivity contribution in [3.05, 3.63) is 76.8 Å². The Morgan fingerprint density at radius 3 is 2.54 bits per heavy atom. The maximum absolute atomic E-state index is 13.0. The molecule has 26 heavy (non-hydrogen) atoms. The maximum atomic E-state index is 13.0. The summed E-state index contributed by atoms with van der Waals surface area (Å²) >= 11 is 1.49. The van der Waals surface area contributed by atoms with Crippen molar-refractivity contribution >= 4 is 17.2 Å². The van der Waals surface area contributed by atoms with Gasteiger partial charge in [0.25, 0.3) is 5.91 Å². The van der Waals surface area contributed by atoms with Gasteiger partial charge in [0.05, 0.1) is 6.61 Å². The van der Waals surface area contributed by atoms with Crippen LogP contribution >= 0.6 is 11.3 Å². The topological polar surface area (TPSA) is 42.4 Å². The first-order chi connectivity index (χ1) is 12.7. The van der Waals surface area contributed by atoms with Gasteiger partial charge in [0.15, 0.2) is 0 Å². The van der Waals surface area contributed by atoms with Gasteiger partial charge in [0.1, 0.15) is 10.7 Å². The fourth-order valence-electron chi connectivity index (χ4n) is 2.62. The highest BCUT2D eigenvalue weighted by Crippen LogP contribution is 2.25. The number of aromatic nitrogens is 1. The molecule has 134 valence electrons. The molecule has 0 atom stereocenters. The zero-order chi connectivity index (χ0) is 18.4. The van der Waals surface area contributed by atoms with Gasteiger partial charge in [-0.05, 0) is 12.5 Å². The van der Waals surface area contributed by atoms with Crippen LogP contribution in [0.25, 0.3) is 10.6 Å². The van der Waals surface area contributed by atoms with E-state index in [9.17, 15) is 4.79 Å². The number of thiazole rings is 1. The Labute approximate surface area is 158 Å². The number of aryl methyl sites for hydroxylation is 1. The molecule has 1 aromatic heterocycles. The van der Waals surface area contributed by atoms with E-state index in [2.05, 4.69) is 24.0 Å². The molecule has 0 aliphatic rings. The first-order valence-electron chi connectivity index (χ1n) is 8.52. The van der Waals surface area contributed by atoms with Crippen molar-refractivity contribution < 1.29 is 9.53 Å². The Morgan fingerprint density at radius 1 is 1.12 bits per heavy atom. The van der Waals surface area contributed by atoms with Crippen LogP contribution in [0.4, 0.5) is 0 Å².